The molecule has 0 atom stereocenters. The summed E-state index contributed by atoms with van der Waals surface area (Å²) >= 11 is 1.26. The second-order valence-electron chi connectivity index (χ2n) is 2.33. The van der Waals surface area contributed by atoms with Crippen molar-refractivity contribution in [2.75, 3.05) is 12.9 Å². The summed E-state index contributed by atoms with van der Waals surface area (Å²) in [7, 11) is 1.40. The van der Waals surface area contributed by atoms with Gasteiger partial charge in [-0.05, 0) is 24.6 Å². The molecule has 68 valence electrons. The smallest absolute Gasteiger partial charge is 0.305 e. The van der Waals surface area contributed by atoms with Gasteiger partial charge in [0.2, 0.25) is 0 Å². The molecular weight excluding hydrogens is 174 g/mol. The van der Waals surface area contributed by atoms with Crippen LogP contribution in [0.4, 0.5) is 0 Å². The van der Waals surface area contributed by atoms with Crippen LogP contribution in [0.1, 0.15) is 25.7 Å². The standard InChI is InChI=1S/C8H13NO2S/c1-11-8(10)5-3-2-4-6-12-7-9/h2-6H2,1H3. The average Bonchev–Trinajstić information content (AvgIpc) is 2.10. The quantitative estimate of drug-likeness (QED) is 0.362. The largest absolute Gasteiger partial charge is 0.469 e. The van der Waals surface area contributed by atoms with Crippen LogP contribution in [0, 0.1) is 10.7 Å². The van der Waals surface area contributed by atoms with Crippen molar-refractivity contribution in [2.24, 2.45) is 0 Å². The van der Waals surface area contributed by atoms with E-state index in [4.69, 9.17) is 5.26 Å². The van der Waals surface area contributed by atoms with Crippen LogP contribution in [0.3, 0.4) is 0 Å². The monoisotopic (exact) mass is 187 g/mol. The van der Waals surface area contributed by atoms with Crippen molar-refractivity contribution in [2.45, 2.75) is 25.7 Å². The van der Waals surface area contributed by atoms with E-state index < -0.39 is 0 Å². The predicted molar refractivity (Wildman–Crippen MR) is 48.6 cm³/mol. The lowest BCUT2D eigenvalue weighted by atomic mass is 10.2. The molecule has 0 aliphatic carbocycles. The van der Waals surface area contributed by atoms with E-state index in [0.29, 0.717) is 6.42 Å². The molecule has 0 rings (SSSR count). The lowest BCUT2D eigenvalue weighted by Gasteiger charge is -1.97. The van der Waals surface area contributed by atoms with E-state index in [9.17, 15) is 4.79 Å². The van der Waals surface area contributed by atoms with Crippen molar-refractivity contribution in [3.63, 3.8) is 0 Å². The number of ether oxygens (including phenoxy) is 1. The lowest BCUT2D eigenvalue weighted by molar-refractivity contribution is -0.140. The van der Waals surface area contributed by atoms with Gasteiger partial charge in [-0.2, -0.15) is 5.26 Å². The Labute approximate surface area is 77.1 Å². The predicted octanol–water partition coefficient (Wildman–Crippen LogP) is 1.93. The number of unbranched alkanes of at least 4 members (excludes halogenated alkanes) is 2. The highest BCUT2D eigenvalue weighted by Crippen LogP contribution is 2.06. The molecule has 3 nitrogen and oxygen atoms in total. The summed E-state index contributed by atoms with van der Waals surface area (Å²) in [6.07, 6.45) is 3.34. The maximum atomic E-state index is 10.6. The van der Waals surface area contributed by atoms with Gasteiger partial charge in [0.1, 0.15) is 5.40 Å². The van der Waals surface area contributed by atoms with Crippen LogP contribution in [-0.4, -0.2) is 18.8 Å². The summed E-state index contributed by atoms with van der Waals surface area (Å²) in [6, 6.07) is 0. The van der Waals surface area contributed by atoms with Crippen LogP contribution in [-0.2, 0) is 9.53 Å². The third kappa shape index (κ3) is 7.42. The lowest BCUT2D eigenvalue weighted by Crippen LogP contribution is -1.99. The Bertz CT molecular complexity index is 165. The molecule has 0 amide bonds. The van der Waals surface area contributed by atoms with E-state index in [-0.39, 0.29) is 5.97 Å². The molecule has 0 aromatic rings. The number of nitrogens with zero attached hydrogens (tertiary/aromatic N) is 1. The van der Waals surface area contributed by atoms with E-state index in [1.54, 1.807) is 0 Å². The SMILES string of the molecule is COC(=O)CCCCCSC#N. The number of esters is 1. The number of methoxy groups -OCH3 is 1. The van der Waals surface area contributed by atoms with Crippen LogP contribution in [0.2, 0.25) is 0 Å². The fourth-order valence-corrected chi connectivity index (χ4v) is 1.21. The van der Waals surface area contributed by atoms with Gasteiger partial charge < -0.3 is 4.74 Å². The second kappa shape index (κ2) is 8.41. The van der Waals surface area contributed by atoms with Gasteiger partial charge in [0.05, 0.1) is 7.11 Å². The summed E-state index contributed by atoms with van der Waals surface area (Å²) in [5.41, 5.74) is 0. The minimum absolute atomic E-state index is 0.150. The Hall–Kier alpha value is -0.690. The fraction of sp³-hybridized carbons (Fsp3) is 0.750. The van der Waals surface area contributed by atoms with Gasteiger partial charge in [-0.1, -0.05) is 6.42 Å². The highest BCUT2D eigenvalue weighted by Gasteiger charge is 1.98. The maximum Gasteiger partial charge on any atom is 0.305 e. The average molecular weight is 187 g/mol. The first-order valence-corrected chi connectivity index (χ1v) is 4.87. The van der Waals surface area contributed by atoms with Crippen molar-refractivity contribution in [1.29, 1.82) is 5.26 Å². The summed E-state index contributed by atoms with van der Waals surface area (Å²) in [5.74, 6) is 0.709. The molecule has 12 heavy (non-hydrogen) atoms. The number of thioether (sulfide) groups is 1. The summed E-state index contributed by atoms with van der Waals surface area (Å²) < 4.78 is 4.48. The second-order valence-corrected chi connectivity index (χ2v) is 3.21. The Morgan fingerprint density at radius 3 is 2.83 bits per heavy atom. The Morgan fingerprint density at radius 1 is 1.50 bits per heavy atom. The minimum Gasteiger partial charge on any atom is -0.469 e. The topological polar surface area (TPSA) is 50.1 Å². The molecule has 0 saturated carbocycles. The number of hydrogen-bond acceptors (Lipinski definition) is 4. The molecule has 0 unspecified atom stereocenters. The molecule has 4 heteroatoms. The van der Waals surface area contributed by atoms with Crippen LogP contribution in [0.5, 0.6) is 0 Å². The molecule has 0 aliphatic heterocycles. The van der Waals surface area contributed by atoms with E-state index in [0.717, 1.165) is 25.0 Å². The molecular formula is C8H13NO2S. The van der Waals surface area contributed by atoms with E-state index in [1.807, 2.05) is 5.40 Å². The summed E-state index contributed by atoms with van der Waals surface area (Å²) in [6.45, 7) is 0. The Balaban J connectivity index is 3.01. The number of hydrogen-bond donors (Lipinski definition) is 0. The number of nitriles is 1. The highest BCUT2D eigenvalue weighted by molar-refractivity contribution is 8.03. The van der Waals surface area contributed by atoms with Crippen LogP contribution in [0.15, 0.2) is 0 Å². The molecule has 0 spiro atoms. The maximum absolute atomic E-state index is 10.6. The normalized spacial score (nSPS) is 9.00. The molecule has 0 aliphatic rings. The third-order valence-corrected chi connectivity index (χ3v) is 2.04. The van der Waals surface area contributed by atoms with Crippen molar-refractivity contribution in [3.8, 4) is 5.40 Å². The molecule has 0 N–H and O–H groups in total. The minimum atomic E-state index is -0.150. The number of carbonyl (C=O) groups is 1. The van der Waals surface area contributed by atoms with E-state index >= 15 is 0 Å². The van der Waals surface area contributed by atoms with Gasteiger partial charge >= 0.3 is 5.97 Å². The van der Waals surface area contributed by atoms with Gasteiger partial charge in [0.15, 0.2) is 0 Å². The first-order valence-electron chi connectivity index (χ1n) is 3.89. The number of carbonyl (C=O) groups excluding carboxylic acids is 1. The highest BCUT2D eigenvalue weighted by atomic mass is 32.2. The Morgan fingerprint density at radius 2 is 2.25 bits per heavy atom. The third-order valence-electron chi connectivity index (χ3n) is 1.42. The van der Waals surface area contributed by atoms with Gasteiger partial charge in [-0.15, -0.1) is 0 Å². The fourth-order valence-electron chi connectivity index (χ4n) is 0.768. The number of thiocyanates is 1. The van der Waals surface area contributed by atoms with Crippen LogP contribution in [0.25, 0.3) is 0 Å². The molecule has 0 heterocycles. The van der Waals surface area contributed by atoms with Gasteiger partial charge in [-0.25, -0.2) is 0 Å². The summed E-state index contributed by atoms with van der Waals surface area (Å²) in [4.78, 5) is 10.6. The van der Waals surface area contributed by atoms with E-state index in [1.165, 1.54) is 18.9 Å². The van der Waals surface area contributed by atoms with Crippen LogP contribution >= 0.6 is 11.8 Å². The zero-order valence-electron chi connectivity index (χ0n) is 7.21. The zero-order chi connectivity index (χ0) is 9.23. The van der Waals surface area contributed by atoms with E-state index in [2.05, 4.69) is 4.74 Å². The molecule has 0 radical (unpaired) electrons. The molecule has 0 bridgehead atoms. The number of rotatable bonds is 6. The van der Waals surface area contributed by atoms with Crippen molar-refractivity contribution in [3.05, 3.63) is 0 Å². The molecule has 0 aromatic heterocycles. The van der Waals surface area contributed by atoms with Crippen LogP contribution < -0.4 is 0 Å². The summed E-state index contributed by atoms with van der Waals surface area (Å²) in [5, 5.41) is 10.2. The van der Waals surface area contributed by atoms with Gasteiger partial charge in [-0.3, -0.25) is 4.79 Å². The first kappa shape index (κ1) is 11.3. The van der Waals surface area contributed by atoms with Crippen molar-refractivity contribution < 1.29 is 9.53 Å². The van der Waals surface area contributed by atoms with Gasteiger partial charge in [0, 0.05) is 12.2 Å². The Kier molecular flexibility index (Phi) is 7.92. The zero-order valence-corrected chi connectivity index (χ0v) is 8.02. The molecule has 0 saturated heterocycles. The van der Waals surface area contributed by atoms with Crippen molar-refractivity contribution in [1.82, 2.24) is 0 Å². The molecule has 0 aromatic carbocycles. The van der Waals surface area contributed by atoms with Crippen molar-refractivity contribution >= 4 is 17.7 Å². The first-order chi connectivity index (χ1) is 5.81. The molecule has 0 fully saturated rings. The van der Waals surface area contributed by atoms with Gasteiger partial charge in [0.25, 0.3) is 0 Å².